The number of hydrogen-bond donors (Lipinski definition) is 1. The predicted molar refractivity (Wildman–Crippen MR) is 44.8 cm³/mol. The van der Waals surface area contributed by atoms with Gasteiger partial charge >= 0.3 is 112 Å². The van der Waals surface area contributed by atoms with Gasteiger partial charge in [-0.05, 0) is 0 Å². The molecule has 0 aromatic heterocycles. The first-order valence-corrected chi connectivity index (χ1v) is 6.05. The molecule has 0 saturated heterocycles. The standard InChI is InChI=1S/Ca.K.Mg.3H2O4S/c;;;3*1-5(2,3)4/h;;;3*(H2,1,2,3,4)/q+2;+1;+2;;;/p-5. The van der Waals surface area contributed by atoms with Gasteiger partial charge in [-0.3, -0.25) is 21.4 Å². The van der Waals surface area contributed by atoms with Crippen LogP contribution in [0.1, 0.15) is 0 Å². The summed E-state index contributed by atoms with van der Waals surface area (Å²) in [6.07, 6.45) is 0. The van der Waals surface area contributed by atoms with Gasteiger partial charge in [-0.15, -0.1) is 0 Å². The summed E-state index contributed by atoms with van der Waals surface area (Å²) in [5, 5.41) is 0. The molecule has 0 atom stereocenters. The first kappa shape index (κ1) is 37.5. The third kappa shape index (κ3) is 601. The van der Waals surface area contributed by atoms with Crippen LogP contribution in [0.25, 0.3) is 0 Å². The topological polar surface area (TPSA) is 238 Å². The maximum atomic E-state index is 8.63. The number of hydrogen-bond acceptors (Lipinski definition) is 11. The molecule has 0 rings (SSSR count). The van der Waals surface area contributed by atoms with Gasteiger partial charge in [-0.25, -0.2) is 8.42 Å². The average molecular weight is 393 g/mol. The minimum Gasteiger partial charge on any atom is -0.759 e. The molecule has 96 valence electrons. The van der Waals surface area contributed by atoms with Crippen molar-refractivity contribution in [2.45, 2.75) is 0 Å². The Hall–Kier alpha value is 3.27. The maximum absolute atomic E-state index is 8.63. The van der Waals surface area contributed by atoms with E-state index in [0.717, 1.165) is 0 Å². The van der Waals surface area contributed by atoms with E-state index in [-0.39, 0.29) is 112 Å². The van der Waals surface area contributed by atoms with E-state index in [9.17, 15) is 0 Å². The molecule has 18 heteroatoms. The second-order valence-corrected chi connectivity index (χ2v) is 3.73. The summed E-state index contributed by atoms with van der Waals surface area (Å²) in [5.41, 5.74) is 0. The molecule has 0 spiro atoms. The molecule has 0 fully saturated rings. The zero-order valence-electron chi connectivity index (χ0n) is 8.58. The van der Waals surface area contributed by atoms with Gasteiger partial charge in [-0.1, -0.05) is 0 Å². The van der Waals surface area contributed by atoms with Crippen LogP contribution >= 0.6 is 0 Å². The van der Waals surface area contributed by atoms with Crippen molar-refractivity contribution in [3.63, 3.8) is 0 Å². The summed E-state index contributed by atoms with van der Waals surface area (Å²) in [6.45, 7) is 0. The van der Waals surface area contributed by atoms with Gasteiger partial charge < -0.3 is 22.8 Å². The van der Waals surface area contributed by atoms with E-state index in [1.807, 2.05) is 0 Å². The molecule has 0 aromatic rings. The minimum atomic E-state index is -5.17. The van der Waals surface area contributed by atoms with E-state index in [0.29, 0.717) is 0 Å². The Morgan fingerprint density at radius 1 is 0.667 bits per heavy atom. The van der Waals surface area contributed by atoms with Crippen molar-refractivity contribution in [2.75, 3.05) is 0 Å². The van der Waals surface area contributed by atoms with Gasteiger partial charge in [0, 0.05) is 20.8 Å². The van der Waals surface area contributed by atoms with E-state index >= 15 is 0 Å². The molecule has 12 nitrogen and oxygen atoms in total. The van der Waals surface area contributed by atoms with Crippen LogP contribution in [-0.2, 0) is 31.2 Å². The first-order chi connectivity index (χ1) is 6.00. The smallest absolute Gasteiger partial charge is 0.759 e. The minimum absolute atomic E-state index is 0. The second kappa shape index (κ2) is 16.6. The number of rotatable bonds is 0. The van der Waals surface area contributed by atoms with E-state index in [1.165, 1.54) is 0 Å². The van der Waals surface area contributed by atoms with Gasteiger partial charge in [0.05, 0.1) is 0 Å². The van der Waals surface area contributed by atoms with Crippen LogP contribution in [-0.4, -0.2) is 113 Å². The second-order valence-electron chi connectivity index (χ2n) is 1.24. The average Bonchev–Trinajstić information content (AvgIpc) is 1.41. The molecule has 0 aliphatic carbocycles. The molecule has 0 amide bonds. The fourth-order valence-corrected chi connectivity index (χ4v) is 0. The summed E-state index contributed by atoms with van der Waals surface area (Å²) in [4.78, 5) is 0. The summed E-state index contributed by atoms with van der Waals surface area (Å²) in [5.74, 6) is 0. The Morgan fingerprint density at radius 2 is 0.667 bits per heavy atom. The predicted octanol–water partition coefficient (Wildman–Crippen LogP) is -7.43. The van der Waals surface area contributed by atoms with Gasteiger partial charge in [-0.2, -0.15) is 0 Å². The fraction of sp³-hybridized carbons (Fsp3) is 0. The summed E-state index contributed by atoms with van der Waals surface area (Å²) < 4.78 is 101. The Labute approximate surface area is 192 Å². The molecule has 1 N–H and O–H groups in total. The molecule has 0 aromatic carbocycles. The van der Waals surface area contributed by atoms with Crippen molar-refractivity contribution >= 4 is 92.0 Å². The summed E-state index contributed by atoms with van der Waals surface area (Å²) >= 11 is 0. The van der Waals surface area contributed by atoms with Crippen molar-refractivity contribution in [1.29, 1.82) is 0 Å². The summed E-state index contributed by atoms with van der Waals surface area (Å²) in [6, 6.07) is 0. The third-order valence-corrected chi connectivity index (χ3v) is 0. The molecule has 18 heavy (non-hydrogen) atoms. The zero-order valence-corrected chi connectivity index (χ0v) is 17.8. The largest absolute Gasteiger partial charge is 2.00 e. The SMILES string of the molecule is O=S(=O)([O-])O.O=S(=O)([O-])[O-].O=S(=O)([O-])[O-].[Ca+2].[K+].[Mg+2]. The maximum Gasteiger partial charge on any atom is 2.00 e. The Bertz CT molecular complexity index is 348. The fourth-order valence-electron chi connectivity index (χ4n) is 0. The molecule has 0 heterocycles. The molecular weight excluding hydrogens is 392 g/mol. The van der Waals surface area contributed by atoms with Crippen LogP contribution in [0.4, 0.5) is 0 Å². The van der Waals surface area contributed by atoms with Crippen LogP contribution < -0.4 is 51.4 Å². The van der Waals surface area contributed by atoms with Crippen molar-refractivity contribution in [3.05, 3.63) is 0 Å². The van der Waals surface area contributed by atoms with Gasteiger partial charge in [0.25, 0.3) is 0 Å². The van der Waals surface area contributed by atoms with Crippen LogP contribution in [0.15, 0.2) is 0 Å². The van der Waals surface area contributed by atoms with Gasteiger partial charge in [0.1, 0.15) is 0 Å². The van der Waals surface area contributed by atoms with Crippen molar-refractivity contribution < 1.29 is 104 Å². The molecule has 0 bridgehead atoms. The van der Waals surface area contributed by atoms with Crippen LogP contribution in [0.2, 0.25) is 0 Å². The van der Waals surface area contributed by atoms with E-state index in [4.69, 9.17) is 52.6 Å². The van der Waals surface area contributed by atoms with Crippen molar-refractivity contribution in [2.24, 2.45) is 0 Å². The van der Waals surface area contributed by atoms with Gasteiger partial charge in [0.15, 0.2) is 0 Å². The van der Waals surface area contributed by atoms with Crippen LogP contribution in [0, 0.1) is 0 Å². The molecule has 0 aliphatic heterocycles. The monoisotopic (exact) mass is 392 g/mol. The normalized spacial score (nSPS) is 9.67. The summed E-state index contributed by atoms with van der Waals surface area (Å²) in [7, 11) is -15.2. The van der Waals surface area contributed by atoms with Gasteiger partial charge in [0.2, 0.25) is 10.4 Å². The zero-order chi connectivity index (χ0) is 13.5. The molecule has 0 radical (unpaired) electrons. The quantitative estimate of drug-likeness (QED) is 0.229. The Balaban J connectivity index is -0.0000000277. The molecular formula is HCaKMgO12S3. The van der Waals surface area contributed by atoms with Crippen LogP contribution in [0.5, 0.6) is 0 Å². The van der Waals surface area contributed by atoms with Crippen LogP contribution in [0.3, 0.4) is 0 Å². The Morgan fingerprint density at radius 3 is 0.667 bits per heavy atom. The van der Waals surface area contributed by atoms with E-state index in [2.05, 4.69) is 0 Å². The molecule has 0 saturated carbocycles. The third-order valence-electron chi connectivity index (χ3n) is 0. The van der Waals surface area contributed by atoms with E-state index < -0.39 is 31.2 Å². The molecule has 0 aliphatic rings. The van der Waals surface area contributed by atoms with Crippen molar-refractivity contribution in [1.82, 2.24) is 0 Å². The molecule has 0 unspecified atom stereocenters. The Kier molecular flexibility index (Phi) is 34.6. The van der Waals surface area contributed by atoms with Crippen molar-refractivity contribution in [3.8, 4) is 0 Å². The van der Waals surface area contributed by atoms with E-state index in [1.54, 1.807) is 0 Å². The first-order valence-electron chi connectivity index (χ1n) is 2.02.